The van der Waals surface area contributed by atoms with Gasteiger partial charge in [0.1, 0.15) is 5.60 Å². The summed E-state index contributed by atoms with van der Waals surface area (Å²) >= 11 is 0. The van der Waals surface area contributed by atoms with Gasteiger partial charge in [0.05, 0.1) is 12.2 Å². The summed E-state index contributed by atoms with van der Waals surface area (Å²) < 4.78 is 11.0. The van der Waals surface area contributed by atoms with Crippen LogP contribution in [0.5, 0.6) is 0 Å². The van der Waals surface area contributed by atoms with Crippen LogP contribution in [0.15, 0.2) is 12.2 Å². The van der Waals surface area contributed by atoms with E-state index < -0.39 is 5.60 Å². The van der Waals surface area contributed by atoms with Crippen molar-refractivity contribution >= 4 is 5.78 Å². The number of carbonyl (C=O) groups excluding carboxylic acids is 1. The summed E-state index contributed by atoms with van der Waals surface area (Å²) in [6, 6.07) is 0. The number of hydrogen-bond donors (Lipinski definition) is 0. The number of ether oxygens (including phenoxy) is 2. The average Bonchev–Trinajstić information content (AvgIpc) is 2.25. The molecule has 3 nitrogen and oxygen atoms in total. The molecule has 0 radical (unpaired) electrons. The van der Waals surface area contributed by atoms with Crippen molar-refractivity contribution in [3.05, 3.63) is 12.2 Å². The molecule has 0 aliphatic rings. The summed E-state index contributed by atoms with van der Waals surface area (Å²) in [7, 11) is 1.63. The van der Waals surface area contributed by atoms with E-state index in [1.165, 1.54) is 0 Å². The molecule has 0 aliphatic carbocycles. The molecule has 0 aromatic carbocycles. The number of rotatable bonds is 7. The Morgan fingerprint density at radius 1 is 1.31 bits per heavy atom. The highest BCUT2D eigenvalue weighted by molar-refractivity contribution is 6.00. The van der Waals surface area contributed by atoms with Crippen molar-refractivity contribution in [1.29, 1.82) is 0 Å². The topological polar surface area (TPSA) is 35.5 Å². The second-order valence-electron chi connectivity index (χ2n) is 4.95. The Kier molecular flexibility index (Phi) is 5.36. The van der Waals surface area contributed by atoms with Crippen LogP contribution in [0, 0.1) is 0 Å². The van der Waals surface area contributed by atoms with E-state index in [9.17, 15) is 4.79 Å². The lowest BCUT2D eigenvalue weighted by molar-refractivity contribution is -0.150. The van der Waals surface area contributed by atoms with Crippen molar-refractivity contribution in [2.24, 2.45) is 0 Å². The van der Waals surface area contributed by atoms with Crippen molar-refractivity contribution in [3.8, 4) is 0 Å². The van der Waals surface area contributed by atoms with Gasteiger partial charge in [0.15, 0.2) is 5.78 Å². The number of methoxy groups -OCH3 is 1. The zero-order valence-electron chi connectivity index (χ0n) is 11.3. The van der Waals surface area contributed by atoms with Crippen LogP contribution in [-0.2, 0) is 14.3 Å². The van der Waals surface area contributed by atoms with E-state index in [4.69, 9.17) is 9.47 Å². The zero-order chi connectivity index (χ0) is 13.0. The maximum Gasteiger partial charge on any atom is 0.189 e. The molecule has 0 fully saturated rings. The largest absolute Gasteiger partial charge is 0.376 e. The standard InChI is InChI=1S/C13H24O3/c1-8-13(6,11(14)10(2)3)16-9-12(4,5)15-7/h2,8-9H2,1,3-7H3. The minimum Gasteiger partial charge on any atom is -0.376 e. The lowest BCUT2D eigenvalue weighted by atomic mass is 9.93. The predicted octanol–water partition coefficient (Wildman–Crippen LogP) is 2.74. The molecule has 0 rings (SSSR count). The highest BCUT2D eigenvalue weighted by atomic mass is 16.5. The Labute approximate surface area is 98.8 Å². The minimum absolute atomic E-state index is 0.0399. The van der Waals surface area contributed by atoms with E-state index in [1.54, 1.807) is 21.0 Å². The molecule has 0 N–H and O–H groups in total. The highest BCUT2D eigenvalue weighted by Crippen LogP contribution is 2.22. The molecule has 94 valence electrons. The Hall–Kier alpha value is -0.670. The van der Waals surface area contributed by atoms with Gasteiger partial charge in [-0.1, -0.05) is 13.5 Å². The fourth-order valence-electron chi connectivity index (χ4n) is 1.17. The summed E-state index contributed by atoms with van der Waals surface area (Å²) in [6.45, 7) is 13.3. The van der Waals surface area contributed by atoms with Gasteiger partial charge in [0.25, 0.3) is 0 Å². The van der Waals surface area contributed by atoms with Crippen molar-refractivity contribution in [2.75, 3.05) is 13.7 Å². The van der Waals surface area contributed by atoms with E-state index in [-0.39, 0.29) is 11.4 Å². The number of carbonyl (C=O) groups is 1. The molecule has 0 saturated carbocycles. The summed E-state index contributed by atoms with van der Waals surface area (Å²) in [6.07, 6.45) is 0.623. The monoisotopic (exact) mass is 228 g/mol. The van der Waals surface area contributed by atoms with Gasteiger partial charge in [-0.05, 0) is 39.7 Å². The van der Waals surface area contributed by atoms with Gasteiger partial charge < -0.3 is 9.47 Å². The molecule has 0 bridgehead atoms. The lowest BCUT2D eigenvalue weighted by Gasteiger charge is -2.32. The lowest BCUT2D eigenvalue weighted by Crippen LogP contribution is -2.43. The third-order valence-corrected chi connectivity index (χ3v) is 2.83. The normalized spacial score (nSPS) is 15.6. The van der Waals surface area contributed by atoms with Gasteiger partial charge in [-0.3, -0.25) is 4.79 Å². The van der Waals surface area contributed by atoms with Gasteiger partial charge in [0.2, 0.25) is 0 Å². The number of Topliss-reactive ketones (excluding diaryl/α,β-unsaturated/α-hetero) is 1. The molecule has 0 heterocycles. The average molecular weight is 228 g/mol. The molecule has 16 heavy (non-hydrogen) atoms. The molecule has 3 heteroatoms. The van der Waals surface area contributed by atoms with Gasteiger partial charge in [-0.15, -0.1) is 0 Å². The van der Waals surface area contributed by atoms with E-state index >= 15 is 0 Å². The molecule has 1 atom stereocenters. The second kappa shape index (κ2) is 5.60. The first-order chi connectivity index (χ1) is 7.18. The Balaban J connectivity index is 4.62. The molecule has 1 unspecified atom stereocenters. The zero-order valence-corrected chi connectivity index (χ0v) is 11.3. The second-order valence-corrected chi connectivity index (χ2v) is 4.95. The molecule has 0 aliphatic heterocycles. The van der Waals surface area contributed by atoms with Crippen LogP contribution in [0.1, 0.15) is 41.0 Å². The van der Waals surface area contributed by atoms with Crippen LogP contribution in [0.2, 0.25) is 0 Å². The molecule has 0 saturated heterocycles. The number of hydrogen-bond acceptors (Lipinski definition) is 3. The van der Waals surface area contributed by atoms with E-state index in [2.05, 4.69) is 6.58 Å². The quantitative estimate of drug-likeness (QED) is 0.628. The first-order valence-electron chi connectivity index (χ1n) is 5.58. The predicted molar refractivity (Wildman–Crippen MR) is 65.6 cm³/mol. The van der Waals surface area contributed by atoms with Crippen LogP contribution < -0.4 is 0 Å². The van der Waals surface area contributed by atoms with Crippen LogP contribution in [-0.4, -0.2) is 30.7 Å². The first kappa shape index (κ1) is 15.3. The van der Waals surface area contributed by atoms with E-state index in [0.29, 0.717) is 18.6 Å². The van der Waals surface area contributed by atoms with Crippen molar-refractivity contribution in [2.45, 2.75) is 52.2 Å². The van der Waals surface area contributed by atoms with E-state index in [0.717, 1.165) is 0 Å². The smallest absolute Gasteiger partial charge is 0.189 e. The van der Waals surface area contributed by atoms with Crippen molar-refractivity contribution in [3.63, 3.8) is 0 Å². The maximum absolute atomic E-state index is 11.9. The van der Waals surface area contributed by atoms with Crippen LogP contribution in [0.3, 0.4) is 0 Å². The third kappa shape index (κ3) is 4.06. The fourth-order valence-corrected chi connectivity index (χ4v) is 1.17. The molecular weight excluding hydrogens is 204 g/mol. The molecular formula is C13H24O3. The van der Waals surface area contributed by atoms with Crippen LogP contribution in [0.4, 0.5) is 0 Å². The highest BCUT2D eigenvalue weighted by Gasteiger charge is 2.34. The number of ketones is 1. The van der Waals surface area contributed by atoms with Crippen LogP contribution in [0.25, 0.3) is 0 Å². The van der Waals surface area contributed by atoms with Gasteiger partial charge in [-0.2, -0.15) is 0 Å². The van der Waals surface area contributed by atoms with Gasteiger partial charge in [-0.25, -0.2) is 0 Å². The fraction of sp³-hybridized carbons (Fsp3) is 0.769. The Morgan fingerprint density at radius 3 is 2.12 bits per heavy atom. The third-order valence-electron chi connectivity index (χ3n) is 2.83. The molecule has 0 spiro atoms. The summed E-state index contributed by atoms with van der Waals surface area (Å²) in [5.74, 6) is -0.0399. The SMILES string of the molecule is C=C(C)C(=O)C(C)(CC)OCC(C)(C)OC. The molecule has 0 aromatic rings. The van der Waals surface area contributed by atoms with Crippen LogP contribution >= 0.6 is 0 Å². The van der Waals surface area contributed by atoms with E-state index in [1.807, 2.05) is 20.8 Å². The molecule has 0 aromatic heterocycles. The van der Waals surface area contributed by atoms with Gasteiger partial charge >= 0.3 is 0 Å². The van der Waals surface area contributed by atoms with Gasteiger partial charge in [0, 0.05) is 7.11 Å². The summed E-state index contributed by atoms with van der Waals surface area (Å²) in [4.78, 5) is 11.9. The first-order valence-corrected chi connectivity index (χ1v) is 5.58. The minimum atomic E-state index is -0.790. The summed E-state index contributed by atoms with van der Waals surface area (Å²) in [5.41, 5.74) is -0.646. The van der Waals surface area contributed by atoms with Crippen molar-refractivity contribution in [1.82, 2.24) is 0 Å². The maximum atomic E-state index is 11.9. The summed E-state index contributed by atoms with van der Waals surface area (Å²) in [5, 5.41) is 0. The molecule has 0 amide bonds. The van der Waals surface area contributed by atoms with Crippen molar-refractivity contribution < 1.29 is 14.3 Å². The Morgan fingerprint density at radius 2 is 1.81 bits per heavy atom. The Bertz CT molecular complexity index is 268.